The van der Waals surface area contributed by atoms with Crippen molar-refractivity contribution in [2.75, 3.05) is 19.8 Å². The van der Waals surface area contributed by atoms with Crippen molar-refractivity contribution in [2.45, 2.75) is 68.1 Å². The molecule has 1 heterocycles. The lowest BCUT2D eigenvalue weighted by Gasteiger charge is -2.29. The van der Waals surface area contributed by atoms with Gasteiger partial charge in [-0.2, -0.15) is 11.8 Å². The van der Waals surface area contributed by atoms with E-state index in [-0.39, 0.29) is 12.1 Å². The zero-order chi connectivity index (χ0) is 13.0. The van der Waals surface area contributed by atoms with Crippen LogP contribution in [0.1, 0.15) is 46.0 Å². The van der Waals surface area contributed by atoms with Crippen molar-refractivity contribution in [2.24, 2.45) is 0 Å². The Hall–Kier alpha value is 0.230. The molecule has 0 bridgehead atoms. The second kappa shape index (κ2) is 6.60. The minimum absolute atomic E-state index is 0.00360. The SMILES string of the molecule is CCCNC1(CO)CCC(SC2CCOC2C)C1. The van der Waals surface area contributed by atoms with Crippen molar-refractivity contribution in [3.8, 4) is 0 Å². The van der Waals surface area contributed by atoms with Gasteiger partial charge in [-0.15, -0.1) is 0 Å². The van der Waals surface area contributed by atoms with Crippen LogP contribution in [0.3, 0.4) is 0 Å². The molecule has 2 fully saturated rings. The molecule has 0 amide bonds. The summed E-state index contributed by atoms with van der Waals surface area (Å²) in [5, 5.41) is 14.6. The molecule has 18 heavy (non-hydrogen) atoms. The summed E-state index contributed by atoms with van der Waals surface area (Å²) in [5.41, 5.74) is -0.00360. The highest BCUT2D eigenvalue weighted by molar-refractivity contribution is 8.00. The maximum absolute atomic E-state index is 9.68. The van der Waals surface area contributed by atoms with E-state index < -0.39 is 0 Å². The predicted molar refractivity (Wildman–Crippen MR) is 77.2 cm³/mol. The van der Waals surface area contributed by atoms with E-state index in [4.69, 9.17) is 4.74 Å². The van der Waals surface area contributed by atoms with Crippen LogP contribution in [0.2, 0.25) is 0 Å². The Morgan fingerprint density at radius 3 is 2.89 bits per heavy atom. The van der Waals surface area contributed by atoms with Crippen molar-refractivity contribution in [3.63, 3.8) is 0 Å². The zero-order valence-corrected chi connectivity index (χ0v) is 12.5. The van der Waals surface area contributed by atoms with E-state index in [9.17, 15) is 5.11 Å². The number of rotatable bonds is 6. The van der Waals surface area contributed by atoms with Crippen LogP contribution < -0.4 is 5.32 Å². The third-order valence-corrected chi connectivity index (χ3v) is 6.05. The van der Waals surface area contributed by atoms with Crippen LogP contribution in [-0.2, 0) is 4.74 Å². The van der Waals surface area contributed by atoms with Crippen LogP contribution in [-0.4, -0.2) is 47.0 Å². The Morgan fingerprint density at radius 2 is 2.28 bits per heavy atom. The fraction of sp³-hybridized carbons (Fsp3) is 1.00. The zero-order valence-electron chi connectivity index (χ0n) is 11.7. The lowest BCUT2D eigenvalue weighted by atomic mass is 9.99. The first kappa shape index (κ1) is 14.6. The van der Waals surface area contributed by atoms with Crippen LogP contribution in [0.5, 0.6) is 0 Å². The van der Waals surface area contributed by atoms with Gasteiger partial charge < -0.3 is 15.2 Å². The highest BCUT2D eigenvalue weighted by atomic mass is 32.2. The maximum Gasteiger partial charge on any atom is 0.0666 e. The molecule has 0 aromatic carbocycles. The first-order valence-electron chi connectivity index (χ1n) is 7.32. The van der Waals surface area contributed by atoms with Gasteiger partial charge >= 0.3 is 0 Å². The summed E-state index contributed by atoms with van der Waals surface area (Å²) in [6.45, 7) is 6.58. The highest BCUT2D eigenvalue weighted by Crippen LogP contribution is 2.41. The van der Waals surface area contributed by atoms with Crippen LogP contribution in [0.4, 0.5) is 0 Å². The number of thioether (sulfide) groups is 1. The molecular weight excluding hydrogens is 246 g/mol. The lowest BCUT2D eigenvalue weighted by molar-refractivity contribution is 0.127. The summed E-state index contributed by atoms with van der Waals surface area (Å²) < 4.78 is 5.63. The van der Waals surface area contributed by atoms with Crippen LogP contribution >= 0.6 is 11.8 Å². The molecule has 106 valence electrons. The lowest BCUT2D eigenvalue weighted by Crippen LogP contribution is -2.47. The summed E-state index contributed by atoms with van der Waals surface area (Å²) >= 11 is 2.10. The van der Waals surface area contributed by atoms with Gasteiger partial charge in [0.2, 0.25) is 0 Å². The van der Waals surface area contributed by atoms with Crippen molar-refractivity contribution in [3.05, 3.63) is 0 Å². The van der Waals surface area contributed by atoms with Gasteiger partial charge in [0.25, 0.3) is 0 Å². The molecule has 4 atom stereocenters. The fourth-order valence-electron chi connectivity index (χ4n) is 3.08. The molecule has 0 radical (unpaired) electrons. The van der Waals surface area contributed by atoms with E-state index in [1.165, 1.54) is 12.8 Å². The third kappa shape index (κ3) is 3.41. The maximum atomic E-state index is 9.68. The molecule has 0 aromatic heterocycles. The van der Waals surface area contributed by atoms with E-state index in [1.807, 2.05) is 0 Å². The summed E-state index contributed by atoms with van der Waals surface area (Å²) in [6, 6.07) is 0. The third-order valence-electron chi connectivity index (χ3n) is 4.29. The summed E-state index contributed by atoms with van der Waals surface area (Å²) in [4.78, 5) is 0. The Labute approximate surface area is 115 Å². The molecule has 0 aromatic rings. The second-order valence-corrected chi connectivity index (χ2v) is 7.31. The van der Waals surface area contributed by atoms with Gasteiger partial charge in [-0.3, -0.25) is 0 Å². The van der Waals surface area contributed by atoms with Gasteiger partial charge in [0.05, 0.1) is 12.7 Å². The summed E-state index contributed by atoms with van der Waals surface area (Å²) in [5.74, 6) is 0. The van der Waals surface area contributed by atoms with Gasteiger partial charge in [-0.25, -0.2) is 0 Å². The molecule has 1 aliphatic carbocycles. The molecule has 1 saturated heterocycles. The normalized spacial score (nSPS) is 40.5. The van der Waals surface area contributed by atoms with Gasteiger partial charge in [0.15, 0.2) is 0 Å². The van der Waals surface area contributed by atoms with Crippen LogP contribution in [0, 0.1) is 0 Å². The van der Waals surface area contributed by atoms with Crippen LogP contribution in [0.15, 0.2) is 0 Å². The predicted octanol–water partition coefficient (Wildman–Crippen LogP) is 2.18. The molecule has 0 spiro atoms. The first-order valence-corrected chi connectivity index (χ1v) is 8.26. The average molecular weight is 273 g/mol. The van der Waals surface area contributed by atoms with Crippen molar-refractivity contribution in [1.29, 1.82) is 0 Å². The molecule has 2 rings (SSSR count). The molecule has 1 aliphatic heterocycles. The monoisotopic (exact) mass is 273 g/mol. The minimum Gasteiger partial charge on any atom is -0.394 e. The van der Waals surface area contributed by atoms with Crippen LogP contribution in [0.25, 0.3) is 0 Å². The molecule has 2 aliphatic rings. The van der Waals surface area contributed by atoms with E-state index in [0.717, 1.165) is 32.4 Å². The average Bonchev–Trinajstić information content (AvgIpc) is 2.96. The van der Waals surface area contributed by atoms with Gasteiger partial charge in [-0.1, -0.05) is 6.92 Å². The fourth-order valence-corrected chi connectivity index (χ4v) is 4.78. The first-order chi connectivity index (χ1) is 8.69. The Kier molecular flexibility index (Phi) is 5.36. The van der Waals surface area contributed by atoms with Crippen molar-refractivity contribution < 1.29 is 9.84 Å². The number of nitrogens with one attached hydrogen (secondary N) is 1. The van der Waals surface area contributed by atoms with Gasteiger partial charge in [0, 0.05) is 22.6 Å². The van der Waals surface area contributed by atoms with Gasteiger partial charge in [0.1, 0.15) is 0 Å². The Bertz CT molecular complexity index is 264. The summed E-state index contributed by atoms with van der Waals surface area (Å²) in [6.07, 6.45) is 6.18. The molecule has 2 N–H and O–H groups in total. The van der Waals surface area contributed by atoms with E-state index in [2.05, 4.69) is 30.9 Å². The smallest absolute Gasteiger partial charge is 0.0666 e. The largest absolute Gasteiger partial charge is 0.394 e. The molecule has 4 unspecified atom stereocenters. The Morgan fingerprint density at radius 1 is 1.44 bits per heavy atom. The number of ether oxygens (including phenoxy) is 1. The highest BCUT2D eigenvalue weighted by Gasteiger charge is 2.40. The van der Waals surface area contributed by atoms with E-state index in [1.54, 1.807) is 0 Å². The number of hydrogen-bond donors (Lipinski definition) is 2. The quantitative estimate of drug-likeness (QED) is 0.778. The summed E-state index contributed by atoms with van der Waals surface area (Å²) in [7, 11) is 0. The molecular formula is C14H27NO2S. The topological polar surface area (TPSA) is 41.5 Å². The minimum atomic E-state index is -0.00360. The molecule has 1 saturated carbocycles. The molecule has 4 heteroatoms. The van der Waals surface area contributed by atoms with Crippen molar-refractivity contribution >= 4 is 11.8 Å². The molecule has 3 nitrogen and oxygen atoms in total. The standard InChI is InChI=1S/C14H27NO2S/c1-3-7-15-14(10-16)6-4-12(9-14)18-13-5-8-17-11(13)2/h11-13,15-16H,3-10H2,1-2H3. The van der Waals surface area contributed by atoms with E-state index in [0.29, 0.717) is 16.6 Å². The van der Waals surface area contributed by atoms with Gasteiger partial charge in [-0.05, 0) is 45.6 Å². The number of aliphatic hydroxyl groups excluding tert-OH is 1. The number of aliphatic hydroxyl groups is 1. The van der Waals surface area contributed by atoms with Crippen molar-refractivity contribution in [1.82, 2.24) is 5.32 Å². The number of hydrogen-bond acceptors (Lipinski definition) is 4. The Balaban J connectivity index is 1.82. The second-order valence-electron chi connectivity index (χ2n) is 5.77. The van der Waals surface area contributed by atoms with E-state index >= 15 is 0 Å².